The van der Waals surface area contributed by atoms with Crippen LogP contribution in [0.4, 0.5) is 0 Å². The van der Waals surface area contributed by atoms with Crippen molar-refractivity contribution >= 4 is 46.3 Å². The lowest BCUT2D eigenvalue weighted by Gasteiger charge is -2.00. The molecule has 0 amide bonds. The quantitative estimate of drug-likeness (QED) is 0.446. The number of imidazole rings is 1. The minimum absolute atomic E-state index is 0.400. The van der Waals surface area contributed by atoms with Gasteiger partial charge in [-0.25, -0.2) is 10.1 Å². The number of hydrogen-bond acceptors (Lipinski definition) is 5. The molecule has 0 spiro atoms. The van der Waals surface area contributed by atoms with Gasteiger partial charge in [-0.2, -0.15) is 14.9 Å². The van der Waals surface area contributed by atoms with E-state index in [0.717, 1.165) is 10.5 Å². The molecule has 0 bridgehead atoms. The predicted octanol–water partition coefficient (Wildman–Crippen LogP) is 3.85. The lowest BCUT2D eigenvalue weighted by molar-refractivity contribution is 0.870. The Hall–Kier alpha value is -2.29. The molecule has 9 heteroatoms. The van der Waals surface area contributed by atoms with E-state index in [9.17, 15) is 0 Å². The molecule has 0 aliphatic rings. The SMILES string of the molecule is S=c1[nH]nc(-c2ccccc2)n1/N=C/c1c(Cl)nc2sccn12. The van der Waals surface area contributed by atoms with Crippen molar-refractivity contribution in [2.24, 2.45) is 5.10 Å². The molecule has 6 nitrogen and oxygen atoms in total. The lowest BCUT2D eigenvalue weighted by atomic mass is 10.2. The maximum Gasteiger partial charge on any atom is 0.216 e. The first kappa shape index (κ1) is 14.3. The van der Waals surface area contributed by atoms with Crippen molar-refractivity contribution in [3.63, 3.8) is 0 Å². The third kappa shape index (κ3) is 2.50. The molecule has 0 aliphatic carbocycles. The highest BCUT2D eigenvalue weighted by Gasteiger charge is 2.11. The van der Waals surface area contributed by atoms with Gasteiger partial charge in [0.2, 0.25) is 4.77 Å². The lowest BCUT2D eigenvalue weighted by Crippen LogP contribution is -1.96. The van der Waals surface area contributed by atoms with Gasteiger partial charge in [0.1, 0.15) is 5.69 Å². The first-order valence-corrected chi connectivity index (χ1v) is 8.29. The number of aromatic nitrogens is 5. The minimum atomic E-state index is 0.400. The summed E-state index contributed by atoms with van der Waals surface area (Å²) in [4.78, 5) is 5.09. The number of benzene rings is 1. The van der Waals surface area contributed by atoms with Crippen LogP contribution in [0.3, 0.4) is 0 Å². The topological polar surface area (TPSA) is 63.3 Å². The maximum atomic E-state index is 6.17. The largest absolute Gasteiger partial charge is 0.288 e. The Morgan fingerprint density at radius 3 is 2.96 bits per heavy atom. The standard InChI is InChI=1S/C14H9ClN6S2/c15-11-10(20-6-7-23-14(20)17-11)8-16-21-12(18-19-13(21)22)9-4-2-1-3-5-9/h1-8H,(H,19,22)/b16-8+. The highest BCUT2D eigenvalue weighted by atomic mass is 35.5. The molecule has 4 rings (SSSR count). The number of halogens is 1. The van der Waals surface area contributed by atoms with Gasteiger partial charge in [-0.15, -0.1) is 11.3 Å². The first-order chi connectivity index (χ1) is 11.2. The summed E-state index contributed by atoms with van der Waals surface area (Å²) in [6.07, 6.45) is 3.53. The summed E-state index contributed by atoms with van der Waals surface area (Å²) in [5.74, 6) is 0.633. The number of H-pyrrole nitrogens is 1. The van der Waals surface area contributed by atoms with Gasteiger partial charge in [0.25, 0.3) is 0 Å². The van der Waals surface area contributed by atoms with E-state index in [0.29, 0.717) is 21.4 Å². The van der Waals surface area contributed by atoms with Crippen LogP contribution in [0.25, 0.3) is 16.3 Å². The van der Waals surface area contributed by atoms with Crippen molar-refractivity contribution in [2.45, 2.75) is 0 Å². The van der Waals surface area contributed by atoms with Gasteiger partial charge in [-0.05, 0) is 12.2 Å². The molecule has 1 aromatic carbocycles. The second kappa shape index (κ2) is 5.73. The van der Waals surface area contributed by atoms with Crippen molar-refractivity contribution in [1.82, 2.24) is 24.3 Å². The average Bonchev–Trinajstić information content (AvgIpc) is 3.22. The van der Waals surface area contributed by atoms with E-state index in [4.69, 9.17) is 23.8 Å². The monoisotopic (exact) mass is 360 g/mol. The molecule has 1 N–H and O–H groups in total. The third-order valence-corrected chi connectivity index (χ3v) is 4.53. The molecular weight excluding hydrogens is 352 g/mol. The van der Waals surface area contributed by atoms with Gasteiger partial charge >= 0.3 is 0 Å². The van der Waals surface area contributed by atoms with Crippen molar-refractivity contribution in [3.05, 3.63) is 57.5 Å². The fraction of sp³-hybridized carbons (Fsp3) is 0. The second-order valence-electron chi connectivity index (χ2n) is 4.62. The first-order valence-electron chi connectivity index (χ1n) is 6.62. The molecule has 0 unspecified atom stereocenters. The molecule has 4 aromatic rings. The van der Waals surface area contributed by atoms with Gasteiger partial charge in [0, 0.05) is 17.1 Å². The normalized spacial score (nSPS) is 11.7. The Labute approximate surface area is 144 Å². The smallest absolute Gasteiger partial charge is 0.216 e. The Morgan fingerprint density at radius 2 is 2.13 bits per heavy atom. The second-order valence-corrected chi connectivity index (χ2v) is 6.24. The van der Waals surface area contributed by atoms with Gasteiger partial charge < -0.3 is 0 Å². The summed E-state index contributed by atoms with van der Waals surface area (Å²) in [6, 6.07) is 9.70. The molecule has 3 heterocycles. The zero-order valence-corrected chi connectivity index (χ0v) is 13.9. The van der Waals surface area contributed by atoms with Gasteiger partial charge in [0.15, 0.2) is 15.9 Å². The summed E-state index contributed by atoms with van der Waals surface area (Å²) >= 11 is 12.9. The van der Waals surface area contributed by atoms with Crippen LogP contribution in [0.5, 0.6) is 0 Å². The molecule has 0 fully saturated rings. The highest BCUT2D eigenvalue weighted by molar-refractivity contribution is 7.71. The van der Waals surface area contributed by atoms with Crippen molar-refractivity contribution in [3.8, 4) is 11.4 Å². The van der Waals surface area contributed by atoms with E-state index in [1.54, 1.807) is 10.9 Å². The molecular formula is C14H9ClN6S2. The van der Waals surface area contributed by atoms with Crippen LogP contribution in [0.15, 0.2) is 47.0 Å². The van der Waals surface area contributed by atoms with Crippen LogP contribution < -0.4 is 0 Å². The summed E-state index contributed by atoms with van der Waals surface area (Å²) in [7, 11) is 0. The molecule has 0 saturated heterocycles. The zero-order valence-electron chi connectivity index (χ0n) is 11.5. The van der Waals surface area contributed by atoms with E-state index in [2.05, 4.69) is 20.3 Å². The predicted molar refractivity (Wildman–Crippen MR) is 93.9 cm³/mol. The Kier molecular flexibility index (Phi) is 3.56. The number of fused-ring (bicyclic) bond motifs is 1. The number of aromatic amines is 1. The van der Waals surface area contributed by atoms with Crippen molar-refractivity contribution < 1.29 is 0 Å². The fourth-order valence-corrected chi connectivity index (χ4v) is 3.35. The van der Waals surface area contributed by atoms with E-state index >= 15 is 0 Å². The third-order valence-electron chi connectivity index (χ3n) is 3.23. The van der Waals surface area contributed by atoms with E-state index < -0.39 is 0 Å². The zero-order chi connectivity index (χ0) is 15.8. The Morgan fingerprint density at radius 1 is 1.30 bits per heavy atom. The average molecular weight is 361 g/mol. The number of nitrogens with zero attached hydrogens (tertiary/aromatic N) is 5. The summed E-state index contributed by atoms with van der Waals surface area (Å²) in [5, 5.41) is 13.8. The number of rotatable bonds is 3. The number of hydrogen-bond donors (Lipinski definition) is 1. The van der Waals surface area contributed by atoms with Gasteiger partial charge in [-0.1, -0.05) is 41.9 Å². The van der Waals surface area contributed by atoms with Crippen LogP contribution in [0.2, 0.25) is 5.15 Å². The van der Waals surface area contributed by atoms with Crippen LogP contribution in [-0.2, 0) is 0 Å². The fourth-order valence-electron chi connectivity index (χ4n) is 2.18. The minimum Gasteiger partial charge on any atom is -0.288 e. The molecule has 114 valence electrons. The van der Waals surface area contributed by atoms with Crippen molar-refractivity contribution in [2.75, 3.05) is 0 Å². The molecule has 0 radical (unpaired) electrons. The number of thiazole rings is 1. The van der Waals surface area contributed by atoms with E-state index in [-0.39, 0.29) is 0 Å². The Bertz CT molecular complexity index is 1060. The van der Waals surface area contributed by atoms with Crippen LogP contribution >= 0.6 is 35.2 Å². The number of nitrogens with one attached hydrogen (secondary N) is 1. The van der Waals surface area contributed by atoms with E-state index in [1.807, 2.05) is 46.3 Å². The Balaban J connectivity index is 1.80. The van der Waals surface area contributed by atoms with Crippen LogP contribution in [-0.4, -0.2) is 30.5 Å². The van der Waals surface area contributed by atoms with Gasteiger partial charge in [-0.3, -0.25) is 4.40 Å². The van der Waals surface area contributed by atoms with Gasteiger partial charge in [0.05, 0.1) is 6.21 Å². The van der Waals surface area contributed by atoms with E-state index in [1.165, 1.54) is 11.3 Å². The highest BCUT2D eigenvalue weighted by Crippen LogP contribution is 2.20. The summed E-state index contributed by atoms with van der Waals surface area (Å²) < 4.78 is 3.84. The van der Waals surface area contributed by atoms with Crippen LogP contribution in [0, 0.1) is 4.77 Å². The molecule has 0 saturated carbocycles. The molecule has 0 atom stereocenters. The molecule has 3 aromatic heterocycles. The summed E-state index contributed by atoms with van der Waals surface area (Å²) in [5.41, 5.74) is 1.61. The van der Waals surface area contributed by atoms with Crippen molar-refractivity contribution in [1.29, 1.82) is 0 Å². The van der Waals surface area contributed by atoms with Crippen LogP contribution in [0.1, 0.15) is 5.69 Å². The molecule has 0 aliphatic heterocycles. The summed E-state index contributed by atoms with van der Waals surface area (Å²) in [6.45, 7) is 0. The maximum absolute atomic E-state index is 6.17. The molecule has 23 heavy (non-hydrogen) atoms.